The van der Waals surface area contributed by atoms with E-state index in [4.69, 9.17) is 15.9 Å². The van der Waals surface area contributed by atoms with Crippen molar-refractivity contribution in [3.05, 3.63) is 24.1 Å². The van der Waals surface area contributed by atoms with Crippen LogP contribution in [0.25, 0.3) is 11.1 Å². The van der Waals surface area contributed by atoms with Crippen molar-refractivity contribution in [2.45, 2.75) is 25.4 Å². The van der Waals surface area contributed by atoms with Crippen molar-refractivity contribution in [3.8, 4) is 0 Å². The van der Waals surface area contributed by atoms with Crippen LogP contribution in [0.5, 0.6) is 0 Å². The molecule has 0 saturated carbocycles. The van der Waals surface area contributed by atoms with Gasteiger partial charge in [-0.2, -0.15) is 0 Å². The lowest BCUT2D eigenvalue weighted by Crippen LogP contribution is -2.39. The molecule has 0 bridgehead atoms. The molecule has 1 aromatic carbocycles. The van der Waals surface area contributed by atoms with Gasteiger partial charge in [-0.25, -0.2) is 4.98 Å². The Morgan fingerprint density at radius 3 is 3.16 bits per heavy atom. The van der Waals surface area contributed by atoms with Crippen LogP contribution in [-0.2, 0) is 11.3 Å². The van der Waals surface area contributed by atoms with Gasteiger partial charge in [0.05, 0.1) is 12.6 Å². The topological polar surface area (TPSA) is 98.4 Å². The van der Waals surface area contributed by atoms with Gasteiger partial charge in [-0.3, -0.25) is 9.69 Å². The van der Waals surface area contributed by atoms with Crippen molar-refractivity contribution in [3.63, 3.8) is 0 Å². The molecule has 6 heteroatoms. The molecule has 19 heavy (non-hydrogen) atoms. The minimum absolute atomic E-state index is 0.208. The van der Waals surface area contributed by atoms with E-state index in [2.05, 4.69) is 4.98 Å². The van der Waals surface area contributed by atoms with Gasteiger partial charge in [0.2, 0.25) is 11.8 Å². The maximum absolute atomic E-state index is 11.3. The number of nitrogens with zero attached hydrogens (tertiary/aromatic N) is 2. The smallest absolute Gasteiger partial charge is 0.234 e. The molecule has 1 unspecified atom stereocenters. The summed E-state index contributed by atoms with van der Waals surface area (Å²) < 4.78 is 5.65. The number of fused-ring (bicyclic) bond motifs is 1. The number of nitrogen functional groups attached to an aromatic ring is 1. The number of aromatic nitrogens is 1. The Morgan fingerprint density at radius 2 is 2.37 bits per heavy atom. The summed E-state index contributed by atoms with van der Waals surface area (Å²) in [5.41, 5.74) is 13.2. The minimum atomic E-state index is -0.280. The van der Waals surface area contributed by atoms with Crippen LogP contribution in [0.15, 0.2) is 22.6 Å². The van der Waals surface area contributed by atoms with Crippen LogP contribution in [0.2, 0.25) is 0 Å². The summed E-state index contributed by atoms with van der Waals surface area (Å²) in [7, 11) is 0. The first-order valence-corrected chi connectivity index (χ1v) is 6.32. The third-order valence-corrected chi connectivity index (χ3v) is 3.49. The minimum Gasteiger partial charge on any atom is -0.439 e. The van der Waals surface area contributed by atoms with Gasteiger partial charge in [0.25, 0.3) is 0 Å². The zero-order chi connectivity index (χ0) is 13.4. The van der Waals surface area contributed by atoms with E-state index in [1.807, 2.05) is 11.0 Å². The fourth-order valence-electron chi connectivity index (χ4n) is 2.57. The quantitative estimate of drug-likeness (QED) is 0.797. The van der Waals surface area contributed by atoms with Crippen molar-refractivity contribution < 1.29 is 9.21 Å². The summed E-state index contributed by atoms with van der Waals surface area (Å²) in [6.45, 7) is 1.34. The Hall–Kier alpha value is -2.08. The first-order valence-electron chi connectivity index (χ1n) is 6.32. The molecule has 1 aliphatic rings. The van der Waals surface area contributed by atoms with E-state index in [1.54, 1.807) is 12.1 Å². The molecule has 1 aliphatic heterocycles. The van der Waals surface area contributed by atoms with Gasteiger partial charge in [-0.15, -0.1) is 0 Å². The van der Waals surface area contributed by atoms with Gasteiger partial charge in [-0.05, 0) is 31.5 Å². The summed E-state index contributed by atoms with van der Waals surface area (Å²) >= 11 is 0. The van der Waals surface area contributed by atoms with Crippen LogP contribution in [0.1, 0.15) is 18.7 Å². The van der Waals surface area contributed by atoms with Crippen LogP contribution < -0.4 is 11.5 Å². The summed E-state index contributed by atoms with van der Waals surface area (Å²) in [6, 6.07) is 5.16. The fraction of sp³-hybridized carbons (Fsp3) is 0.385. The third kappa shape index (κ3) is 2.26. The lowest BCUT2D eigenvalue weighted by Gasteiger charge is -2.19. The number of oxazole rings is 1. The van der Waals surface area contributed by atoms with Gasteiger partial charge in [0, 0.05) is 11.8 Å². The highest BCUT2D eigenvalue weighted by Gasteiger charge is 2.29. The monoisotopic (exact) mass is 260 g/mol. The highest BCUT2D eigenvalue weighted by Crippen LogP contribution is 2.23. The molecular formula is C13H16N4O2. The predicted molar refractivity (Wildman–Crippen MR) is 71.0 cm³/mol. The zero-order valence-corrected chi connectivity index (χ0v) is 10.5. The molecule has 2 aromatic rings. The molecule has 0 radical (unpaired) electrons. The average molecular weight is 260 g/mol. The molecule has 1 amide bonds. The molecule has 0 spiro atoms. The summed E-state index contributed by atoms with van der Waals surface area (Å²) in [4.78, 5) is 17.7. The number of hydrogen-bond acceptors (Lipinski definition) is 5. The first-order chi connectivity index (χ1) is 9.13. The number of benzene rings is 1. The average Bonchev–Trinajstić information content (AvgIpc) is 2.95. The Balaban J connectivity index is 1.83. The number of hydrogen-bond donors (Lipinski definition) is 2. The Bertz CT molecular complexity index is 622. The Labute approximate surface area is 110 Å². The summed E-state index contributed by atoms with van der Waals surface area (Å²) in [6.07, 6.45) is 1.78. The lowest BCUT2D eigenvalue weighted by atomic mass is 10.2. The highest BCUT2D eigenvalue weighted by molar-refractivity contribution is 5.80. The highest BCUT2D eigenvalue weighted by atomic mass is 16.3. The van der Waals surface area contributed by atoms with Gasteiger partial charge in [-0.1, -0.05) is 0 Å². The molecule has 6 nitrogen and oxygen atoms in total. The molecule has 100 valence electrons. The Morgan fingerprint density at radius 1 is 1.53 bits per heavy atom. The van der Waals surface area contributed by atoms with E-state index in [9.17, 15) is 4.79 Å². The fourth-order valence-corrected chi connectivity index (χ4v) is 2.57. The number of carbonyl (C=O) groups is 1. The lowest BCUT2D eigenvalue weighted by molar-refractivity contribution is -0.122. The number of likely N-dealkylation sites (tertiary alicyclic amines) is 1. The van der Waals surface area contributed by atoms with E-state index < -0.39 is 0 Å². The number of amides is 1. The molecule has 0 aliphatic carbocycles. The van der Waals surface area contributed by atoms with Gasteiger partial charge < -0.3 is 15.9 Å². The van der Waals surface area contributed by atoms with E-state index in [-0.39, 0.29) is 11.9 Å². The third-order valence-electron chi connectivity index (χ3n) is 3.49. The second-order valence-electron chi connectivity index (χ2n) is 4.87. The van der Waals surface area contributed by atoms with E-state index in [1.165, 1.54) is 0 Å². The van der Waals surface area contributed by atoms with E-state index in [0.717, 1.165) is 24.9 Å². The molecule has 3 rings (SSSR count). The van der Waals surface area contributed by atoms with Gasteiger partial charge >= 0.3 is 0 Å². The number of primary amides is 1. The van der Waals surface area contributed by atoms with Crippen molar-refractivity contribution in [2.24, 2.45) is 5.73 Å². The van der Waals surface area contributed by atoms with Crippen LogP contribution in [0.3, 0.4) is 0 Å². The second kappa shape index (κ2) is 4.55. The predicted octanol–water partition coefficient (Wildman–Crippen LogP) is 0.860. The largest absolute Gasteiger partial charge is 0.439 e. The molecule has 1 saturated heterocycles. The van der Waals surface area contributed by atoms with Crippen LogP contribution in [-0.4, -0.2) is 28.4 Å². The van der Waals surface area contributed by atoms with Crippen LogP contribution in [0.4, 0.5) is 5.69 Å². The maximum Gasteiger partial charge on any atom is 0.234 e. The van der Waals surface area contributed by atoms with Gasteiger partial charge in [0.1, 0.15) is 5.52 Å². The Kier molecular flexibility index (Phi) is 2.87. The SMILES string of the molecule is NC(=O)C1CCCN1Cc1nc2ccc(N)cc2o1. The number of anilines is 1. The maximum atomic E-state index is 11.3. The molecule has 1 fully saturated rings. The van der Waals surface area contributed by atoms with Crippen molar-refractivity contribution >= 4 is 22.7 Å². The molecule has 4 N–H and O–H groups in total. The number of rotatable bonds is 3. The number of carbonyl (C=O) groups excluding carboxylic acids is 1. The zero-order valence-electron chi connectivity index (χ0n) is 10.5. The van der Waals surface area contributed by atoms with E-state index >= 15 is 0 Å². The normalized spacial score (nSPS) is 20.1. The van der Waals surface area contributed by atoms with Crippen molar-refractivity contribution in [1.82, 2.24) is 9.88 Å². The first kappa shape index (κ1) is 12.0. The summed E-state index contributed by atoms with van der Waals surface area (Å²) in [5.74, 6) is 0.312. The molecule has 2 heterocycles. The molecule has 1 atom stereocenters. The second-order valence-corrected chi connectivity index (χ2v) is 4.87. The van der Waals surface area contributed by atoms with Crippen molar-refractivity contribution in [1.29, 1.82) is 0 Å². The van der Waals surface area contributed by atoms with Crippen molar-refractivity contribution in [2.75, 3.05) is 12.3 Å². The number of nitrogens with two attached hydrogens (primary N) is 2. The van der Waals surface area contributed by atoms with Gasteiger partial charge in [0.15, 0.2) is 5.58 Å². The summed E-state index contributed by atoms with van der Waals surface area (Å²) in [5, 5.41) is 0. The molecule has 1 aromatic heterocycles. The van der Waals surface area contributed by atoms with E-state index in [0.29, 0.717) is 23.7 Å². The molecular weight excluding hydrogens is 244 g/mol. The van der Waals surface area contributed by atoms with Crippen LogP contribution in [0, 0.1) is 0 Å². The van der Waals surface area contributed by atoms with Crippen LogP contribution >= 0.6 is 0 Å². The standard InChI is InChI=1S/C13H16N4O2/c14-8-3-4-9-11(6-8)19-12(16-9)7-17-5-1-2-10(17)13(15)18/h3-4,6,10H,1-2,5,7,14H2,(H2,15,18).